The van der Waals surface area contributed by atoms with Crippen LogP contribution >= 0.6 is 0 Å². The van der Waals surface area contributed by atoms with Crippen molar-refractivity contribution < 1.29 is 9.72 Å². The number of hydrogen-bond donors (Lipinski definition) is 1. The number of non-ortho nitro benzene ring substituents is 1. The number of rotatable bonds is 7. The van der Waals surface area contributed by atoms with E-state index >= 15 is 0 Å². The van der Waals surface area contributed by atoms with Crippen molar-refractivity contribution in [2.45, 2.75) is 65.0 Å². The number of amides is 1. The molecule has 1 amide bonds. The first-order valence-electron chi connectivity index (χ1n) is 9.10. The highest BCUT2D eigenvalue weighted by Crippen LogP contribution is 2.39. The third kappa shape index (κ3) is 5.01. The Morgan fingerprint density at radius 1 is 1.24 bits per heavy atom. The number of nitro groups is 1. The van der Waals surface area contributed by atoms with Crippen LogP contribution in [0, 0.1) is 15.5 Å². The number of nitrogens with zero attached hydrogens (tertiary/aromatic N) is 2. The van der Waals surface area contributed by atoms with Gasteiger partial charge in [-0.3, -0.25) is 14.9 Å². The summed E-state index contributed by atoms with van der Waals surface area (Å²) in [4.78, 5) is 25.2. The van der Waals surface area contributed by atoms with E-state index in [9.17, 15) is 14.9 Å². The van der Waals surface area contributed by atoms with Crippen LogP contribution in [0.2, 0.25) is 0 Å². The molecule has 0 saturated heterocycles. The van der Waals surface area contributed by atoms with Gasteiger partial charge in [-0.2, -0.15) is 0 Å². The lowest BCUT2D eigenvalue weighted by Crippen LogP contribution is -2.42. The monoisotopic (exact) mass is 347 g/mol. The van der Waals surface area contributed by atoms with Gasteiger partial charge in [0.1, 0.15) is 0 Å². The Labute approximate surface area is 149 Å². The first-order valence-corrected chi connectivity index (χ1v) is 9.10. The minimum atomic E-state index is -0.413. The molecule has 0 heterocycles. The predicted octanol–water partition coefficient (Wildman–Crippen LogP) is 3.63. The van der Waals surface area contributed by atoms with Crippen LogP contribution in [0.3, 0.4) is 0 Å². The molecule has 1 fully saturated rings. The van der Waals surface area contributed by atoms with Crippen LogP contribution in [0.15, 0.2) is 24.3 Å². The maximum Gasteiger partial charge on any atom is 0.269 e. The van der Waals surface area contributed by atoms with E-state index in [0.717, 1.165) is 31.2 Å². The van der Waals surface area contributed by atoms with E-state index in [0.29, 0.717) is 19.5 Å². The van der Waals surface area contributed by atoms with Crippen LogP contribution < -0.4 is 5.73 Å². The van der Waals surface area contributed by atoms with Gasteiger partial charge in [-0.15, -0.1) is 0 Å². The van der Waals surface area contributed by atoms with Crippen LogP contribution in [-0.4, -0.2) is 28.3 Å². The van der Waals surface area contributed by atoms with Crippen LogP contribution in [-0.2, 0) is 11.3 Å². The van der Waals surface area contributed by atoms with Gasteiger partial charge in [0.15, 0.2) is 0 Å². The molecule has 6 heteroatoms. The molecule has 6 nitrogen and oxygen atoms in total. The van der Waals surface area contributed by atoms with Crippen molar-refractivity contribution in [3.8, 4) is 0 Å². The highest BCUT2D eigenvalue weighted by atomic mass is 16.6. The van der Waals surface area contributed by atoms with Crippen LogP contribution in [0.4, 0.5) is 5.69 Å². The zero-order valence-corrected chi connectivity index (χ0v) is 15.2. The van der Waals surface area contributed by atoms with Crippen LogP contribution in [0.25, 0.3) is 0 Å². The van der Waals surface area contributed by atoms with Gasteiger partial charge in [-0.05, 0) is 44.2 Å². The minimum absolute atomic E-state index is 0.0576. The Morgan fingerprint density at radius 2 is 1.84 bits per heavy atom. The summed E-state index contributed by atoms with van der Waals surface area (Å²) in [6.07, 6.45) is 6.07. The first kappa shape index (κ1) is 19.4. The van der Waals surface area contributed by atoms with E-state index in [1.165, 1.54) is 18.6 Å². The normalized spacial score (nSPS) is 16.6. The standard InChI is InChI=1S/C19H29N3O3/c1-15(2)21(13-16-6-8-17(9-7-16)22(24)25)18(23)12-19(14-20)10-4-3-5-11-19/h6-9,15H,3-5,10-14,20H2,1-2H3. The lowest BCUT2D eigenvalue weighted by atomic mass is 9.71. The summed E-state index contributed by atoms with van der Waals surface area (Å²) in [6.45, 7) is 5.02. The molecular weight excluding hydrogens is 318 g/mol. The number of hydrogen-bond acceptors (Lipinski definition) is 4. The predicted molar refractivity (Wildman–Crippen MR) is 98.0 cm³/mol. The zero-order chi connectivity index (χ0) is 18.4. The summed E-state index contributed by atoms with van der Waals surface area (Å²) >= 11 is 0. The highest BCUT2D eigenvalue weighted by molar-refractivity contribution is 5.77. The fourth-order valence-electron chi connectivity index (χ4n) is 3.66. The maximum atomic E-state index is 13.0. The zero-order valence-electron chi connectivity index (χ0n) is 15.2. The third-order valence-electron chi connectivity index (χ3n) is 5.32. The lowest BCUT2D eigenvalue weighted by Gasteiger charge is -2.38. The molecule has 1 saturated carbocycles. The van der Waals surface area contributed by atoms with Gasteiger partial charge in [0.2, 0.25) is 5.91 Å². The average molecular weight is 347 g/mol. The second-order valence-corrected chi connectivity index (χ2v) is 7.48. The molecule has 0 atom stereocenters. The molecule has 2 N–H and O–H groups in total. The Morgan fingerprint density at radius 3 is 2.32 bits per heavy atom. The number of carbonyl (C=O) groups is 1. The van der Waals surface area contributed by atoms with Crippen molar-refractivity contribution >= 4 is 11.6 Å². The molecule has 1 aromatic rings. The van der Waals surface area contributed by atoms with Crippen LogP contribution in [0.5, 0.6) is 0 Å². The Balaban J connectivity index is 2.08. The van der Waals surface area contributed by atoms with Gasteiger partial charge in [0, 0.05) is 31.1 Å². The molecule has 1 aromatic carbocycles. The topological polar surface area (TPSA) is 89.5 Å². The Kier molecular flexibility index (Phi) is 6.53. The summed E-state index contributed by atoms with van der Waals surface area (Å²) in [6, 6.07) is 6.49. The van der Waals surface area contributed by atoms with E-state index in [4.69, 9.17) is 5.73 Å². The van der Waals surface area contributed by atoms with E-state index in [2.05, 4.69) is 0 Å². The van der Waals surface area contributed by atoms with Crippen molar-refractivity contribution in [2.24, 2.45) is 11.1 Å². The smallest absolute Gasteiger partial charge is 0.269 e. The van der Waals surface area contributed by atoms with E-state index < -0.39 is 4.92 Å². The summed E-state index contributed by atoms with van der Waals surface area (Å²) < 4.78 is 0. The summed E-state index contributed by atoms with van der Waals surface area (Å²) in [5.74, 6) is 0.126. The molecule has 0 spiro atoms. The lowest BCUT2D eigenvalue weighted by molar-refractivity contribution is -0.384. The number of carbonyl (C=O) groups excluding carboxylic acids is 1. The largest absolute Gasteiger partial charge is 0.336 e. The molecular formula is C19H29N3O3. The molecule has 0 bridgehead atoms. The summed E-state index contributed by atoms with van der Waals surface area (Å²) in [7, 11) is 0. The molecule has 25 heavy (non-hydrogen) atoms. The Bertz CT molecular complexity index is 592. The fourth-order valence-corrected chi connectivity index (χ4v) is 3.66. The highest BCUT2D eigenvalue weighted by Gasteiger charge is 2.34. The molecule has 1 aliphatic rings. The minimum Gasteiger partial charge on any atom is -0.336 e. The van der Waals surface area contributed by atoms with Gasteiger partial charge in [-0.1, -0.05) is 31.4 Å². The number of nitrogens with two attached hydrogens (primary N) is 1. The van der Waals surface area contributed by atoms with Gasteiger partial charge < -0.3 is 10.6 Å². The summed E-state index contributed by atoms with van der Waals surface area (Å²) in [5.41, 5.74) is 6.93. The Hall–Kier alpha value is -1.95. The maximum absolute atomic E-state index is 13.0. The molecule has 1 aliphatic carbocycles. The second-order valence-electron chi connectivity index (χ2n) is 7.48. The van der Waals surface area contributed by atoms with Crippen molar-refractivity contribution in [2.75, 3.05) is 6.54 Å². The van der Waals surface area contributed by atoms with Gasteiger partial charge >= 0.3 is 0 Å². The average Bonchev–Trinajstić information content (AvgIpc) is 2.60. The second kappa shape index (κ2) is 8.43. The molecule has 0 radical (unpaired) electrons. The third-order valence-corrected chi connectivity index (χ3v) is 5.32. The molecule has 138 valence electrons. The number of benzene rings is 1. The fraction of sp³-hybridized carbons (Fsp3) is 0.632. The van der Waals surface area contributed by atoms with Gasteiger partial charge in [0.05, 0.1) is 4.92 Å². The van der Waals surface area contributed by atoms with E-state index in [-0.39, 0.29) is 23.1 Å². The molecule has 0 unspecified atom stereocenters. The van der Waals surface area contributed by atoms with Gasteiger partial charge in [0.25, 0.3) is 5.69 Å². The first-order chi connectivity index (χ1) is 11.9. The molecule has 0 aliphatic heterocycles. The summed E-state index contributed by atoms with van der Waals surface area (Å²) in [5, 5.41) is 10.8. The van der Waals surface area contributed by atoms with Crippen LogP contribution in [0.1, 0.15) is 57.9 Å². The van der Waals surface area contributed by atoms with Crippen molar-refractivity contribution in [1.82, 2.24) is 4.90 Å². The van der Waals surface area contributed by atoms with Crippen molar-refractivity contribution in [3.05, 3.63) is 39.9 Å². The quantitative estimate of drug-likeness (QED) is 0.602. The van der Waals surface area contributed by atoms with Gasteiger partial charge in [-0.25, -0.2) is 0 Å². The van der Waals surface area contributed by atoms with Crippen molar-refractivity contribution in [1.29, 1.82) is 0 Å². The van der Waals surface area contributed by atoms with E-state index in [1.807, 2.05) is 18.7 Å². The van der Waals surface area contributed by atoms with Crippen molar-refractivity contribution in [3.63, 3.8) is 0 Å². The molecule has 0 aromatic heterocycles. The molecule has 2 rings (SSSR count). The number of nitro benzene ring substituents is 1. The SMILES string of the molecule is CC(C)N(Cc1ccc([N+](=O)[O-])cc1)C(=O)CC1(CN)CCCCC1. The van der Waals surface area contributed by atoms with E-state index in [1.54, 1.807) is 12.1 Å².